The normalized spacial score (nSPS) is 16.7. The Balaban J connectivity index is 1.58. The minimum Gasteiger partial charge on any atom is -0.482 e. The summed E-state index contributed by atoms with van der Waals surface area (Å²) in [4.78, 5) is 4.36. The Morgan fingerprint density at radius 1 is 1.19 bits per heavy atom. The maximum Gasteiger partial charge on any atom is 0.293 e. The summed E-state index contributed by atoms with van der Waals surface area (Å²) in [5, 5.41) is 3.99. The summed E-state index contributed by atoms with van der Waals surface area (Å²) in [6.45, 7) is 0.335. The van der Waals surface area contributed by atoms with Crippen molar-refractivity contribution in [1.82, 2.24) is 10.1 Å². The van der Waals surface area contributed by atoms with Gasteiger partial charge in [-0.15, -0.1) is 0 Å². The Morgan fingerprint density at radius 3 is 2.90 bits per heavy atom. The molecule has 3 heterocycles. The highest BCUT2D eigenvalue weighted by Gasteiger charge is 2.28. The highest BCUT2D eigenvalue weighted by molar-refractivity contribution is 5.45. The standard InChI is InChI=1S/C15H13N3O3/c16-8-10-5-6-12(19-10)15-17-14(18-21-15)13-7-9-3-1-2-4-11(9)20-13/h1-6,13H,7-8,16H2. The van der Waals surface area contributed by atoms with Crippen LogP contribution < -0.4 is 10.5 Å². The smallest absolute Gasteiger partial charge is 0.293 e. The number of rotatable bonds is 3. The first-order valence-corrected chi connectivity index (χ1v) is 6.71. The predicted octanol–water partition coefficient (Wildman–Crippen LogP) is 2.46. The van der Waals surface area contributed by atoms with Crippen LogP contribution in [0.3, 0.4) is 0 Å². The Labute approximate surface area is 120 Å². The minimum absolute atomic E-state index is 0.219. The number of nitrogens with two attached hydrogens (primary N) is 1. The van der Waals surface area contributed by atoms with Crippen LogP contribution in [-0.4, -0.2) is 10.1 Å². The second-order valence-corrected chi connectivity index (χ2v) is 4.85. The molecule has 2 N–H and O–H groups in total. The molecule has 6 heteroatoms. The average Bonchev–Trinajstić information content (AvgIpc) is 3.24. The molecule has 0 saturated heterocycles. The number of para-hydroxylation sites is 1. The molecule has 21 heavy (non-hydrogen) atoms. The number of ether oxygens (including phenoxy) is 1. The Morgan fingerprint density at radius 2 is 2.10 bits per heavy atom. The van der Waals surface area contributed by atoms with Gasteiger partial charge in [-0.25, -0.2) is 0 Å². The maximum absolute atomic E-state index is 5.83. The summed E-state index contributed by atoms with van der Waals surface area (Å²) >= 11 is 0. The van der Waals surface area contributed by atoms with Crippen LogP contribution >= 0.6 is 0 Å². The number of furan rings is 1. The lowest BCUT2D eigenvalue weighted by Crippen LogP contribution is -2.05. The van der Waals surface area contributed by atoms with E-state index in [1.165, 1.54) is 0 Å². The van der Waals surface area contributed by atoms with E-state index >= 15 is 0 Å². The van der Waals surface area contributed by atoms with Crippen molar-refractivity contribution in [1.29, 1.82) is 0 Å². The molecule has 0 aliphatic carbocycles. The van der Waals surface area contributed by atoms with Gasteiger partial charge in [-0.3, -0.25) is 0 Å². The first-order valence-electron chi connectivity index (χ1n) is 6.71. The van der Waals surface area contributed by atoms with Crippen LogP contribution in [0.5, 0.6) is 5.75 Å². The molecule has 1 unspecified atom stereocenters. The van der Waals surface area contributed by atoms with Gasteiger partial charge in [-0.1, -0.05) is 23.4 Å². The van der Waals surface area contributed by atoms with Crippen LogP contribution in [0, 0.1) is 0 Å². The van der Waals surface area contributed by atoms with Gasteiger partial charge in [0.05, 0.1) is 6.54 Å². The highest BCUT2D eigenvalue weighted by Crippen LogP contribution is 2.35. The largest absolute Gasteiger partial charge is 0.482 e. The molecule has 0 amide bonds. The summed E-state index contributed by atoms with van der Waals surface area (Å²) in [7, 11) is 0. The fourth-order valence-corrected chi connectivity index (χ4v) is 2.39. The lowest BCUT2D eigenvalue weighted by molar-refractivity contribution is 0.221. The van der Waals surface area contributed by atoms with Crippen molar-refractivity contribution < 1.29 is 13.7 Å². The molecule has 4 rings (SSSR count). The van der Waals surface area contributed by atoms with Crippen LogP contribution in [0.4, 0.5) is 0 Å². The molecule has 0 fully saturated rings. The SMILES string of the molecule is NCc1ccc(-c2nc(C3Cc4ccccc4O3)no2)o1. The summed E-state index contributed by atoms with van der Waals surface area (Å²) in [6, 6.07) is 11.5. The van der Waals surface area contributed by atoms with E-state index in [0.717, 1.165) is 17.7 Å². The summed E-state index contributed by atoms with van der Waals surface area (Å²) < 4.78 is 16.6. The molecule has 1 aliphatic heterocycles. The van der Waals surface area contributed by atoms with Gasteiger partial charge in [-0.2, -0.15) is 4.98 Å². The Hall–Kier alpha value is -2.60. The summed E-state index contributed by atoms with van der Waals surface area (Å²) in [6.07, 6.45) is 0.519. The van der Waals surface area contributed by atoms with E-state index in [1.54, 1.807) is 12.1 Å². The van der Waals surface area contributed by atoms with Gasteiger partial charge in [0, 0.05) is 6.42 Å². The van der Waals surface area contributed by atoms with E-state index in [0.29, 0.717) is 29.8 Å². The van der Waals surface area contributed by atoms with E-state index < -0.39 is 0 Å². The highest BCUT2D eigenvalue weighted by atomic mass is 16.5. The zero-order valence-electron chi connectivity index (χ0n) is 11.2. The third kappa shape index (κ3) is 2.09. The summed E-state index contributed by atoms with van der Waals surface area (Å²) in [5.74, 6) is 2.92. The number of hydrogen-bond acceptors (Lipinski definition) is 6. The minimum atomic E-state index is -0.219. The van der Waals surface area contributed by atoms with Crippen LogP contribution in [0.15, 0.2) is 45.3 Å². The van der Waals surface area contributed by atoms with Crippen molar-refractivity contribution in [3.8, 4) is 17.4 Å². The molecule has 1 atom stereocenters. The quantitative estimate of drug-likeness (QED) is 0.794. The molecule has 1 aromatic carbocycles. The average molecular weight is 283 g/mol. The topological polar surface area (TPSA) is 87.3 Å². The number of hydrogen-bond donors (Lipinski definition) is 1. The Kier molecular flexibility index (Phi) is 2.75. The van der Waals surface area contributed by atoms with Crippen molar-refractivity contribution in [3.05, 3.63) is 53.5 Å². The third-order valence-electron chi connectivity index (χ3n) is 3.45. The van der Waals surface area contributed by atoms with Gasteiger partial charge in [-0.05, 0) is 23.8 Å². The van der Waals surface area contributed by atoms with Gasteiger partial charge in [0.25, 0.3) is 5.89 Å². The number of fused-ring (bicyclic) bond motifs is 1. The van der Waals surface area contributed by atoms with Crippen molar-refractivity contribution in [2.24, 2.45) is 5.73 Å². The van der Waals surface area contributed by atoms with Crippen LogP contribution in [0.1, 0.15) is 23.3 Å². The number of aromatic nitrogens is 2. The van der Waals surface area contributed by atoms with Crippen molar-refractivity contribution in [2.45, 2.75) is 19.1 Å². The number of nitrogens with zero attached hydrogens (tertiary/aromatic N) is 2. The van der Waals surface area contributed by atoms with E-state index in [9.17, 15) is 0 Å². The first-order chi connectivity index (χ1) is 10.3. The van der Waals surface area contributed by atoms with Crippen LogP contribution in [-0.2, 0) is 13.0 Å². The molecule has 0 bridgehead atoms. The van der Waals surface area contributed by atoms with Crippen molar-refractivity contribution in [2.75, 3.05) is 0 Å². The number of benzene rings is 1. The van der Waals surface area contributed by atoms with Crippen molar-refractivity contribution >= 4 is 0 Å². The molecule has 106 valence electrons. The maximum atomic E-state index is 5.83. The lowest BCUT2D eigenvalue weighted by atomic mass is 10.1. The molecule has 6 nitrogen and oxygen atoms in total. The fourth-order valence-electron chi connectivity index (χ4n) is 2.39. The monoisotopic (exact) mass is 283 g/mol. The molecule has 3 aromatic rings. The van der Waals surface area contributed by atoms with Crippen molar-refractivity contribution in [3.63, 3.8) is 0 Å². The molecule has 0 radical (unpaired) electrons. The molecule has 0 saturated carbocycles. The molecular formula is C15H13N3O3. The first kappa shape index (κ1) is 12.2. The van der Waals surface area contributed by atoms with Gasteiger partial charge in [0.2, 0.25) is 5.82 Å². The van der Waals surface area contributed by atoms with Gasteiger partial charge in [0.15, 0.2) is 11.9 Å². The second kappa shape index (κ2) is 4.75. The van der Waals surface area contributed by atoms with Crippen LogP contribution in [0.25, 0.3) is 11.7 Å². The lowest BCUT2D eigenvalue weighted by Gasteiger charge is -2.04. The zero-order valence-corrected chi connectivity index (χ0v) is 11.2. The van der Waals surface area contributed by atoms with E-state index in [1.807, 2.05) is 24.3 Å². The van der Waals surface area contributed by atoms with Gasteiger partial charge >= 0.3 is 0 Å². The van der Waals surface area contributed by atoms with Gasteiger partial charge < -0.3 is 19.4 Å². The summed E-state index contributed by atoms with van der Waals surface area (Å²) in [5.41, 5.74) is 6.66. The third-order valence-corrected chi connectivity index (χ3v) is 3.45. The zero-order chi connectivity index (χ0) is 14.2. The predicted molar refractivity (Wildman–Crippen MR) is 73.4 cm³/mol. The van der Waals surface area contributed by atoms with E-state index in [4.69, 9.17) is 19.4 Å². The molecule has 2 aromatic heterocycles. The Bertz CT molecular complexity index is 753. The molecule has 0 spiro atoms. The van der Waals surface area contributed by atoms with E-state index in [2.05, 4.69) is 10.1 Å². The van der Waals surface area contributed by atoms with E-state index in [-0.39, 0.29) is 6.10 Å². The van der Waals surface area contributed by atoms with Gasteiger partial charge in [0.1, 0.15) is 11.5 Å². The van der Waals surface area contributed by atoms with Crippen LogP contribution in [0.2, 0.25) is 0 Å². The molecular weight excluding hydrogens is 270 g/mol. The fraction of sp³-hybridized carbons (Fsp3) is 0.200. The second-order valence-electron chi connectivity index (χ2n) is 4.85. The molecule has 1 aliphatic rings.